The van der Waals surface area contributed by atoms with E-state index in [1.54, 1.807) is 18.4 Å². The third-order valence-corrected chi connectivity index (χ3v) is 6.82. The maximum Gasteiger partial charge on any atom is 0.435 e. The second kappa shape index (κ2) is 10.3. The first-order chi connectivity index (χ1) is 17.1. The topological polar surface area (TPSA) is 71.1 Å². The smallest absolute Gasteiger partial charge is 0.321 e. The molecule has 37 heavy (non-hydrogen) atoms. The molecule has 0 aliphatic carbocycles. The van der Waals surface area contributed by atoms with Crippen LogP contribution in [0.25, 0.3) is 0 Å². The maximum absolute atomic E-state index is 14.5. The molecule has 0 aliphatic heterocycles. The van der Waals surface area contributed by atoms with Crippen molar-refractivity contribution >= 4 is 45.6 Å². The van der Waals surface area contributed by atoms with Gasteiger partial charge in [0.25, 0.3) is 11.8 Å². The number of alkyl halides is 7. The van der Waals surface area contributed by atoms with Gasteiger partial charge in [0.1, 0.15) is 5.03 Å². The van der Waals surface area contributed by atoms with Crippen molar-refractivity contribution < 1.29 is 40.3 Å². The van der Waals surface area contributed by atoms with Crippen LogP contribution in [0.4, 0.5) is 41.4 Å². The van der Waals surface area contributed by atoms with Gasteiger partial charge in [-0.05, 0) is 49.4 Å². The van der Waals surface area contributed by atoms with E-state index in [-0.39, 0.29) is 22.4 Å². The molecule has 3 rings (SSSR count). The van der Waals surface area contributed by atoms with E-state index in [9.17, 15) is 40.3 Å². The molecule has 0 saturated heterocycles. The number of nitrogens with zero attached hydrogens (tertiary/aromatic N) is 1. The van der Waals surface area contributed by atoms with Gasteiger partial charge in [-0.3, -0.25) is 9.59 Å². The number of amides is 2. The Labute approximate surface area is 214 Å². The molecule has 3 aromatic rings. The number of nitrogens with one attached hydrogen (secondary N) is 2. The summed E-state index contributed by atoms with van der Waals surface area (Å²) in [4.78, 5) is 29.4. The van der Waals surface area contributed by atoms with Gasteiger partial charge in [-0.1, -0.05) is 12.1 Å². The molecule has 0 atom stereocenters. The second-order valence-electron chi connectivity index (χ2n) is 7.81. The maximum atomic E-state index is 14.5. The molecule has 198 valence electrons. The van der Waals surface area contributed by atoms with Crippen LogP contribution in [0.3, 0.4) is 0 Å². The molecule has 2 amide bonds. The van der Waals surface area contributed by atoms with Gasteiger partial charge in [0.05, 0.1) is 16.1 Å². The van der Waals surface area contributed by atoms with Crippen molar-refractivity contribution in [3.63, 3.8) is 0 Å². The van der Waals surface area contributed by atoms with Gasteiger partial charge in [-0.15, -0.1) is 23.1 Å². The molecule has 14 heteroatoms. The van der Waals surface area contributed by atoms with E-state index in [0.717, 1.165) is 25.2 Å². The second-order valence-corrected chi connectivity index (χ2v) is 9.51. The number of thioether (sulfide) groups is 1. The van der Waals surface area contributed by atoms with Gasteiger partial charge < -0.3 is 10.6 Å². The fourth-order valence-electron chi connectivity index (χ4n) is 3.46. The predicted octanol–water partition coefficient (Wildman–Crippen LogP) is 7.28. The van der Waals surface area contributed by atoms with Crippen molar-refractivity contribution in [1.82, 2.24) is 4.98 Å². The number of carbonyl (C=O) groups is 2. The summed E-state index contributed by atoms with van der Waals surface area (Å²) in [6.45, 7) is 2.30. The van der Waals surface area contributed by atoms with E-state index in [1.165, 1.54) is 29.4 Å². The van der Waals surface area contributed by atoms with E-state index in [0.29, 0.717) is 27.7 Å². The van der Waals surface area contributed by atoms with Crippen LogP contribution in [0.5, 0.6) is 0 Å². The highest BCUT2D eigenvalue weighted by molar-refractivity contribution is 7.98. The summed E-state index contributed by atoms with van der Waals surface area (Å²) in [7, 11) is 0. The Kier molecular flexibility index (Phi) is 7.94. The Bertz CT molecular complexity index is 1300. The molecular formula is C23H18F7N3O2S2. The van der Waals surface area contributed by atoms with Crippen molar-refractivity contribution in [3.8, 4) is 0 Å². The monoisotopic (exact) mass is 565 g/mol. The number of halogens is 7. The van der Waals surface area contributed by atoms with E-state index >= 15 is 0 Å². The summed E-state index contributed by atoms with van der Waals surface area (Å²) in [5.74, 6) is -1.20. The SMILES string of the molecule is CSc1ncccc1C(=O)Nc1cc(C(=O)Nc2c(C)cc(C(F)(C(F)(F)F)C(F)(F)F)cc2C)cs1. The number of aromatic nitrogens is 1. The fraction of sp³-hybridized carbons (Fsp3) is 0.261. The Morgan fingerprint density at radius 1 is 0.919 bits per heavy atom. The fourth-order valence-corrected chi connectivity index (χ4v) is 4.78. The molecule has 2 aromatic heterocycles. The number of anilines is 2. The summed E-state index contributed by atoms with van der Waals surface area (Å²) >= 11 is 2.30. The first kappa shape index (κ1) is 28.4. The lowest BCUT2D eigenvalue weighted by Gasteiger charge is -2.31. The highest BCUT2D eigenvalue weighted by Gasteiger charge is 2.73. The molecule has 0 bridgehead atoms. The zero-order valence-corrected chi connectivity index (χ0v) is 20.9. The van der Waals surface area contributed by atoms with E-state index in [1.807, 2.05) is 0 Å². The Morgan fingerprint density at radius 2 is 1.51 bits per heavy atom. The van der Waals surface area contributed by atoms with Crippen LogP contribution in [0.15, 0.2) is 46.9 Å². The predicted molar refractivity (Wildman–Crippen MR) is 127 cm³/mol. The Balaban J connectivity index is 1.83. The quantitative estimate of drug-likeness (QED) is 0.244. The summed E-state index contributed by atoms with van der Waals surface area (Å²) in [6, 6.07) is 5.33. The number of thiophene rings is 1. The summed E-state index contributed by atoms with van der Waals surface area (Å²) in [5.41, 5.74) is -7.30. The summed E-state index contributed by atoms with van der Waals surface area (Å²) < 4.78 is 93.2. The normalized spacial score (nSPS) is 12.4. The van der Waals surface area contributed by atoms with Gasteiger partial charge in [0.2, 0.25) is 0 Å². The molecule has 0 fully saturated rings. The molecule has 0 radical (unpaired) electrons. The zero-order chi connectivity index (χ0) is 27.8. The van der Waals surface area contributed by atoms with Crippen molar-refractivity contribution in [2.24, 2.45) is 0 Å². The van der Waals surface area contributed by atoms with Crippen LogP contribution < -0.4 is 10.6 Å². The molecule has 5 nitrogen and oxygen atoms in total. The Morgan fingerprint density at radius 3 is 2.05 bits per heavy atom. The minimum Gasteiger partial charge on any atom is -0.321 e. The van der Waals surface area contributed by atoms with Gasteiger partial charge in [-0.2, -0.15) is 26.3 Å². The number of carbonyl (C=O) groups excluding carboxylic acids is 2. The zero-order valence-electron chi connectivity index (χ0n) is 19.3. The minimum atomic E-state index is -6.25. The Hall–Kier alpha value is -3.13. The lowest BCUT2D eigenvalue weighted by atomic mass is 9.90. The van der Waals surface area contributed by atoms with Gasteiger partial charge >= 0.3 is 18.0 Å². The van der Waals surface area contributed by atoms with Gasteiger partial charge in [0, 0.05) is 22.8 Å². The van der Waals surface area contributed by atoms with Crippen molar-refractivity contribution in [2.45, 2.75) is 36.9 Å². The molecule has 0 aliphatic rings. The van der Waals surface area contributed by atoms with E-state index in [4.69, 9.17) is 0 Å². The first-order valence-electron chi connectivity index (χ1n) is 10.2. The molecule has 0 unspecified atom stereocenters. The van der Waals surface area contributed by atoms with Crippen molar-refractivity contribution in [3.05, 3.63) is 69.7 Å². The molecule has 1 aromatic carbocycles. The highest BCUT2D eigenvalue weighted by atomic mass is 32.2. The molecule has 0 spiro atoms. The van der Waals surface area contributed by atoms with Gasteiger partial charge in [0.15, 0.2) is 0 Å². The minimum absolute atomic E-state index is 0.0720. The number of rotatable bonds is 6. The number of aryl methyl sites for hydroxylation is 2. The van der Waals surface area contributed by atoms with Crippen LogP contribution >= 0.6 is 23.1 Å². The van der Waals surface area contributed by atoms with Crippen molar-refractivity contribution in [2.75, 3.05) is 16.9 Å². The summed E-state index contributed by atoms with van der Waals surface area (Å²) in [5, 5.41) is 7.28. The van der Waals surface area contributed by atoms with Crippen LogP contribution in [0.2, 0.25) is 0 Å². The molecule has 2 heterocycles. The first-order valence-corrected chi connectivity index (χ1v) is 12.3. The lowest BCUT2D eigenvalue weighted by molar-refractivity contribution is -0.348. The summed E-state index contributed by atoms with van der Waals surface area (Å²) in [6.07, 6.45) is -9.22. The number of pyridine rings is 1. The largest absolute Gasteiger partial charge is 0.435 e. The molecular weight excluding hydrogens is 547 g/mol. The third kappa shape index (κ3) is 5.59. The standard InChI is InChI=1S/C23H18F7N3O2S2/c1-11-7-14(21(24,22(25,26)27)23(28,29)30)8-12(2)17(11)33-18(34)13-9-16(37-10-13)32-19(35)15-5-4-6-31-20(15)36-3/h4-10H,1-3H3,(H,32,35)(H,33,34). The molecule has 0 saturated carbocycles. The van der Waals surface area contributed by atoms with E-state index < -0.39 is 35.4 Å². The highest BCUT2D eigenvalue weighted by Crippen LogP contribution is 2.53. The van der Waals surface area contributed by atoms with Crippen LogP contribution in [-0.2, 0) is 5.67 Å². The average Bonchev–Trinajstić information content (AvgIpc) is 3.27. The van der Waals surface area contributed by atoms with E-state index in [2.05, 4.69) is 15.6 Å². The third-order valence-electron chi connectivity index (χ3n) is 5.26. The molecule has 2 N–H and O–H groups in total. The number of benzene rings is 1. The van der Waals surface area contributed by atoms with Gasteiger partial charge in [-0.25, -0.2) is 9.37 Å². The van der Waals surface area contributed by atoms with Crippen molar-refractivity contribution in [1.29, 1.82) is 0 Å². The number of hydrogen-bond donors (Lipinski definition) is 2. The van der Waals surface area contributed by atoms with Crippen LogP contribution in [-0.4, -0.2) is 35.4 Å². The average molecular weight is 566 g/mol. The lowest BCUT2D eigenvalue weighted by Crippen LogP contribution is -2.50. The van der Waals surface area contributed by atoms with Crippen LogP contribution in [0.1, 0.15) is 37.4 Å². The number of hydrogen-bond acceptors (Lipinski definition) is 5. The van der Waals surface area contributed by atoms with Crippen LogP contribution in [0, 0.1) is 13.8 Å².